The summed E-state index contributed by atoms with van der Waals surface area (Å²) in [5.41, 5.74) is 7.65. The number of hydrogen-bond donors (Lipinski definition) is 3. The van der Waals surface area contributed by atoms with E-state index in [4.69, 9.17) is 15.6 Å². The number of piperidine rings is 1. The van der Waals surface area contributed by atoms with Crippen LogP contribution in [-0.2, 0) is 21.4 Å². The first-order valence-corrected chi connectivity index (χ1v) is 19.7. The number of para-hydroxylation sites is 1. The van der Waals surface area contributed by atoms with Crippen molar-refractivity contribution in [1.82, 2.24) is 29.5 Å². The predicted octanol–water partition coefficient (Wildman–Crippen LogP) is 5.40. The summed E-state index contributed by atoms with van der Waals surface area (Å²) in [6.07, 6.45) is 8.92. The van der Waals surface area contributed by atoms with Crippen molar-refractivity contribution in [2.24, 2.45) is 18.7 Å². The number of amides is 3. The van der Waals surface area contributed by atoms with Crippen LogP contribution in [0, 0.1) is 5.92 Å². The number of alkyl halides is 3. The third kappa shape index (κ3) is 7.23. The fourth-order valence-corrected chi connectivity index (χ4v) is 9.48. The van der Waals surface area contributed by atoms with Gasteiger partial charge in [0.15, 0.2) is 0 Å². The number of imide groups is 1. The maximum absolute atomic E-state index is 14.1. The Morgan fingerprint density at radius 3 is 2.47 bits per heavy atom. The Labute approximate surface area is 326 Å². The number of methoxy groups -OCH3 is 1. The topological polar surface area (TPSA) is 159 Å². The number of rotatable bonds is 9. The molecule has 2 atom stereocenters. The molecule has 3 fully saturated rings. The number of aromatic nitrogens is 4. The van der Waals surface area contributed by atoms with Crippen molar-refractivity contribution in [3.05, 3.63) is 76.5 Å². The number of fused-ring (bicyclic) bond motifs is 2. The Morgan fingerprint density at radius 1 is 1.04 bits per heavy atom. The highest BCUT2D eigenvalue weighted by atomic mass is 19.4. The molecule has 13 nitrogen and oxygen atoms in total. The first kappa shape index (κ1) is 38.5. The van der Waals surface area contributed by atoms with Gasteiger partial charge in [0.05, 0.1) is 35.4 Å². The van der Waals surface area contributed by atoms with Gasteiger partial charge in [0.1, 0.15) is 23.5 Å². The minimum Gasteiger partial charge on any atom is -0.494 e. The number of hydrogen-bond acceptors (Lipinski definition) is 8. The van der Waals surface area contributed by atoms with Gasteiger partial charge in [-0.3, -0.25) is 33.5 Å². The fourth-order valence-electron chi connectivity index (χ4n) is 9.48. The van der Waals surface area contributed by atoms with Crippen molar-refractivity contribution in [2.75, 3.05) is 18.6 Å². The minimum absolute atomic E-state index is 0.0802. The molecule has 2 aromatic carbocycles. The molecule has 1 saturated heterocycles. The van der Waals surface area contributed by atoms with Gasteiger partial charge in [0, 0.05) is 37.2 Å². The van der Waals surface area contributed by atoms with Crippen LogP contribution in [0.5, 0.6) is 5.75 Å². The number of carbonyl (C=O) groups is 3. The van der Waals surface area contributed by atoms with Crippen LogP contribution in [0.4, 0.5) is 18.9 Å². The monoisotopic (exact) mass is 788 g/mol. The first-order valence-electron chi connectivity index (χ1n) is 19.7. The summed E-state index contributed by atoms with van der Waals surface area (Å²) in [4.78, 5) is 51.1. The summed E-state index contributed by atoms with van der Waals surface area (Å²) in [7, 11) is 3.12. The molecule has 57 heavy (non-hydrogen) atoms. The number of halogens is 3. The van der Waals surface area contributed by atoms with E-state index in [1.165, 1.54) is 19.3 Å². The maximum atomic E-state index is 14.1. The zero-order chi connectivity index (χ0) is 40.2. The van der Waals surface area contributed by atoms with Crippen molar-refractivity contribution in [3.63, 3.8) is 0 Å². The number of nitrogens with zero attached hydrogens (tertiary/aromatic N) is 5. The van der Waals surface area contributed by atoms with Crippen molar-refractivity contribution in [1.29, 1.82) is 0 Å². The number of carbonyl (C=O) groups excluding carboxylic acids is 3. The van der Waals surface area contributed by atoms with Crippen LogP contribution in [0.2, 0.25) is 0 Å². The quantitative estimate of drug-likeness (QED) is 0.190. The Kier molecular flexibility index (Phi) is 10.2. The highest BCUT2D eigenvalue weighted by Gasteiger charge is 2.44. The van der Waals surface area contributed by atoms with E-state index in [1.54, 1.807) is 28.3 Å². The van der Waals surface area contributed by atoms with Crippen molar-refractivity contribution in [2.45, 2.75) is 100 Å². The standard InChI is InChI=1S/C41H47F3N8O5/c1-49-37-28(5-3-6-30(37)52(40(49)56)32-17-18-36(53)47-39(32)55)24-11-13-26(14-12-24)46-21-23-9-15-27(16-10-23)50-22-25-19-33(34(57-2)20-29(25)48-50)51-31(38(45)54)7-4-8-35(51)41(42,43)44/h3-8,19-20,22-24,26-27,31-32,46H,9-18,21H2,1-2H3,(H2,45,54)(H,47,53,55). The van der Waals surface area contributed by atoms with Gasteiger partial charge in [-0.25, -0.2) is 4.79 Å². The van der Waals surface area contributed by atoms with Gasteiger partial charge in [-0.2, -0.15) is 18.3 Å². The predicted molar refractivity (Wildman–Crippen MR) is 208 cm³/mol. The van der Waals surface area contributed by atoms with Crippen LogP contribution in [0.1, 0.15) is 87.8 Å². The molecule has 4 N–H and O–H groups in total. The Morgan fingerprint density at radius 2 is 1.79 bits per heavy atom. The van der Waals surface area contributed by atoms with E-state index in [0.717, 1.165) is 85.5 Å². The van der Waals surface area contributed by atoms with Gasteiger partial charge < -0.3 is 20.7 Å². The molecule has 8 rings (SSSR count). The third-order valence-corrected chi connectivity index (χ3v) is 12.5. The summed E-state index contributed by atoms with van der Waals surface area (Å²) in [6, 6.07) is 7.61. The van der Waals surface area contributed by atoms with Crippen molar-refractivity contribution >= 4 is 45.3 Å². The molecule has 16 heteroatoms. The van der Waals surface area contributed by atoms with Gasteiger partial charge in [-0.1, -0.05) is 24.3 Å². The van der Waals surface area contributed by atoms with Gasteiger partial charge >= 0.3 is 11.9 Å². The normalized spacial score (nSPS) is 25.8. The van der Waals surface area contributed by atoms with Gasteiger partial charge in [0.2, 0.25) is 17.7 Å². The zero-order valence-electron chi connectivity index (χ0n) is 31.9. The largest absolute Gasteiger partial charge is 0.494 e. The molecular formula is C41H47F3N8O5. The number of nitrogens with one attached hydrogen (secondary N) is 2. The minimum atomic E-state index is -4.73. The average Bonchev–Trinajstić information content (AvgIpc) is 3.73. The number of imidazole rings is 1. The molecule has 302 valence electrons. The summed E-state index contributed by atoms with van der Waals surface area (Å²) in [5, 5.41) is 11.6. The summed E-state index contributed by atoms with van der Waals surface area (Å²) < 4.78 is 53.0. The highest BCUT2D eigenvalue weighted by Crippen LogP contribution is 2.43. The lowest BCUT2D eigenvalue weighted by Gasteiger charge is -2.35. The van der Waals surface area contributed by atoms with E-state index in [-0.39, 0.29) is 41.4 Å². The van der Waals surface area contributed by atoms with Crippen LogP contribution in [-0.4, -0.2) is 68.6 Å². The van der Waals surface area contributed by atoms with Gasteiger partial charge in [-0.15, -0.1) is 0 Å². The third-order valence-electron chi connectivity index (χ3n) is 12.5. The summed E-state index contributed by atoms with van der Waals surface area (Å²) in [5.74, 6) is -0.711. The van der Waals surface area contributed by atoms with E-state index in [0.29, 0.717) is 29.3 Å². The second kappa shape index (κ2) is 15.2. The molecule has 4 aromatic rings. The van der Waals surface area contributed by atoms with Crippen LogP contribution < -0.4 is 31.7 Å². The first-order chi connectivity index (χ1) is 27.3. The van der Waals surface area contributed by atoms with Crippen LogP contribution >= 0.6 is 0 Å². The fraction of sp³-hybridized carbons (Fsp3) is 0.488. The molecule has 2 aliphatic carbocycles. The number of ether oxygens (including phenoxy) is 1. The summed E-state index contributed by atoms with van der Waals surface area (Å²) >= 11 is 0. The number of nitrogens with two attached hydrogens (primary N) is 1. The SMILES string of the molecule is COc1cc2nn(C3CCC(CNC4CCC(c5cccc6c5n(C)c(=O)n6C5CCC(=O)NC5=O)CC4)CC3)cc2cc1N1C(C(F)(F)F)=CC=CC1C(N)=O. The molecule has 2 saturated carbocycles. The molecule has 0 spiro atoms. The lowest BCUT2D eigenvalue weighted by molar-refractivity contribution is -0.135. The van der Waals surface area contributed by atoms with Crippen LogP contribution in [0.15, 0.2) is 65.2 Å². The molecule has 2 aromatic heterocycles. The smallest absolute Gasteiger partial charge is 0.431 e. The molecule has 0 bridgehead atoms. The Hall–Kier alpha value is -5.38. The van der Waals surface area contributed by atoms with Crippen LogP contribution in [0.3, 0.4) is 0 Å². The lowest BCUT2D eigenvalue weighted by atomic mass is 9.80. The average molecular weight is 789 g/mol. The second-order valence-corrected chi connectivity index (χ2v) is 15.9. The second-order valence-electron chi connectivity index (χ2n) is 15.9. The van der Waals surface area contributed by atoms with E-state index in [9.17, 15) is 32.3 Å². The molecule has 2 aliphatic heterocycles. The van der Waals surface area contributed by atoms with Gasteiger partial charge in [0.25, 0.3) is 0 Å². The molecule has 3 amide bonds. The highest BCUT2D eigenvalue weighted by molar-refractivity contribution is 6.00. The molecule has 4 aliphatic rings. The van der Waals surface area contributed by atoms with E-state index in [2.05, 4.69) is 16.7 Å². The Balaban J connectivity index is 0.882. The summed E-state index contributed by atoms with van der Waals surface area (Å²) in [6.45, 7) is 0.920. The number of allylic oxidation sites excluding steroid dienone is 3. The maximum Gasteiger partial charge on any atom is 0.431 e. The lowest BCUT2D eigenvalue weighted by Crippen LogP contribution is -2.47. The number of primary amides is 1. The Bertz CT molecular complexity index is 2340. The zero-order valence-corrected chi connectivity index (χ0v) is 31.9. The van der Waals surface area contributed by atoms with Crippen molar-refractivity contribution in [3.8, 4) is 5.75 Å². The molecule has 2 unspecified atom stereocenters. The molecule has 0 radical (unpaired) electrons. The number of aryl methyl sites for hydroxylation is 1. The number of anilines is 1. The van der Waals surface area contributed by atoms with Crippen LogP contribution in [0.25, 0.3) is 21.9 Å². The molecular weight excluding hydrogens is 741 g/mol. The number of benzene rings is 2. The van der Waals surface area contributed by atoms with E-state index in [1.807, 2.05) is 23.0 Å². The van der Waals surface area contributed by atoms with Crippen molar-refractivity contribution < 1.29 is 32.3 Å². The van der Waals surface area contributed by atoms with E-state index >= 15 is 0 Å². The van der Waals surface area contributed by atoms with Gasteiger partial charge in [-0.05, 0) is 99.9 Å². The van der Waals surface area contributed by atoms with E-state index < -0.39 is 35.8 Å². The molecule has 4 heterocycles.